The van der Waals surface area contributed by atoms with Crippen LogP contribution in [0.15, 0.2) is 18.3 Å². The van der Waals surface area contributed by atoms with E-state index in [1.165, 1.54) is 11.3 Å². The third kappa shape index (κ3) is 1.87. The van der Waals surface area contributed by atoms with Gasteiger partial charge >= 0.3 is 0 Å². The number of thiophene rings is 1. The van der Waals surface area contributed by atoms with Gasteiger partial charge in [0.2, 0.25) is 5.28 Å². The van der Waals surface area contributed by atoms with Crippen molar-refractivity contribution in [3.8, 4) is 10.6 Å². The SMILES string of the molecule is Fc1cnc(Cl)nc1-c1ccc(Cl)s1. The summed E-state index contributed by atoms with van der Waals surface area (Å²) in [5.74, 6) is -0.507. The van der Waals surface area contributed by atoms with E-state index in [1.54, 1.807) is 12.1 Å². The fraction of sp³-hybridized carbons (Fsp3) is 0. The van der Waals surface area contributed by atoms with Gasteiger partial charge in [-0.05, 0) is 23.7 Å². The quantitative estimate of drug-likeness (QED) is 0.721. The van der Waals surface area contributed by atoms with Gasteiger partial charge in [0, 0.05) is 0 Å². The third-order valence-corrected chi connectivity index (χ3v) is 2.94. The molecule has 0 unspecified atom stereocenters. The highest BCUT2D eigenvalue weighted by Gasteiger charge is 2.10. The van der Waals surface area contributed by atoms with Gasteiger partial charge in [-0.2, -0.15) is 0 Å². The second-order valence-electron chi connectivity index (χ2n) is 2.44. The smallest absolute Gasteiger partial charge is 0.223 e. The lowest BCUT2D eigenvalue weighted by molar-refractivity contribution is 0.618. The minimum absolute atomic E-state index is 0.0194. The van der Waals surface area contributed by atoms with E-state index in [4.69, 9.17) is 23.2 Å². The van der Waals surface area contributed by atoms with Crippen molar-refractivity contribution in [3.05, 3.63) is 33.8 Å². The normalized spacial score (nSPS) is 10.5. The van der Waals surface area contributed by atoms with Crippen LogP contribution in [0, 0.1) is 5.82 Å². The van der Waals surface area contributed by atoms with Crippen LogP contribution in [0.4, 0.5) is 4.39 Å². The molecule has 2 rings (SSSR count). The van der Waals surface area contributed by atoms with Crippen molar-refractivity contribution >= 4 is 34.5 Å². The van der Waals surface area contributed by atoms with Crippen LogP contribution in [0.25, 0.3) is 10.6 Å². The van der Waals surface area contributed by atoms with Crippen LogP contribution in [0.2, 0.25) is 9.62 Å². The minimum atomic E-state index is -0.507. The molecular formula is C8H3Cl2FN2S. The first-order valence-corrected chi connectivity index (χ1v) is 5.18. The monoisotopic (exact) mass is 248 g/mol. The van der Waals surface area contributed by atoms with Crippen LogP contribution in [-0.2, 0) is 0 Å². The molecule has 2 aromatic rings. The Kier molecular flexibility index (Phi) is 2.67. The highest BCUT2D eigenvalue weighted by molar-refractivity contribution is 7.19. The first-order chi connectivity index (χ1) is 6.66. The predicted octanol–water partition coefficient (Wildman–Crippen LogP) is 3.65. The average molecular weight is 249 g/mol. The van der Waals surface area contributed by atoms with Gasteiger partial charge in [0.25, 0.3) is 0 Å². The zero-order valence-corrected chi connectivity index (χ0v) is 9.00. The molecule has 0 amide bonds. The molecule has 14 heavy (non-hydrogen) atoms. The Hall–Kier alpha value is -0.710. The largest absolute Gasteiger partial charge is 0.223 e. The van der Waals surface area contributed by atoms with Gasteiger partial charge < -0.3 is 0 Å². The topological polar surface area (TPSA) is 25.8 Å². The van der Waals surface area contributed by atoms with Gasteiger partial charge in [-0.1, -0.05) is 11.6 Å². The molecule has 0 radical (unpaired) electrons. The van der Waals surface area contributed by atoms with E-state index in [9.17, 15) is 4.39 Å². The molecule has 6 heteroatoms. The maximum atomic E-state index is 13.2. The second kappa shape index (κ2) is 3.81. The van der Waals surface area contributed by atoms with Crippen molar-refractivity contribution in [2.45, 2.75) is 0 Å². The number of hydrogen-bond acceptors (Lipinski definition) is 3. The highest BCUT2D eigenvalue weighted by Crippen LogP contribution is 2.31. The lowest BCUT2D eigenvalue weighted by Gasteiger charge is -1.97. The summed E-state index contributed by atoms with van der Waals surface area (Å²) in [6.45, 7) is 0. The van der Waals surface area contributed by atoms with Gasteiger partial charge in [-0.15, -0.1) is 11.3 Å². The molecule has 0 N–H and O–H groups in total. The van der Waals surface area contributed by atoms with E-state index in [2.05, 4.69) is 9.97 Å². The van der Waals surface area contributed by atoms with E-state index in [0.29, 0.717) is 9.21 Å². The predicted molar refractivity (Wildman–Crippen MR) is 55.3 cm³/mol. The molecule has 0 saturated heterocycles. The van der Waals surface area contributed by atoms with Crippen LogP contribution in [0.1, 0.15) is 0 Å². The first-order valence-electron chi connectivity index (χ1n) is 3.60. The fourth-order valence-corrected chi connectivity index (χ4v) is 2.13. The fourth-order valence-electron chi connectivity index (χ4n) is 0.960. The molecular weight excluding hydrogens is 246 g/mol. The molecule has 2 nitrogen and oxygen atoms in total. The van der Waals surface area contributed by atoms with Crippen molar-refractivity contribution in [1.29, 1.82) is 0 Å². The van der Waals surface area contributed by atoms with Crippen molar-refractivity contribution in [3.63, 3.8) is 0 Å². The van der Waals surface area contributed by atoms with Crippen molar-refractivity contribution in [2.24, 2.45) is 0 Å². The summed E-state index contributed by atoms with van der Waals surface area (Å²) in [4.78, 5) is 7.95. The Balaban J connectivity index is 2.55. The molecule has 0 aliphatic rings. The summed E-state index contributed by atoms with van der Waals surface area (Å²) >= 11 is 12.5. The standard InChI is InChI=1S/C8H3Cl2FN2S/c9-6-2-1-5(14-6)7-4(11)3-12-8(10)13-7/h1-3H. The highest BCUT2D eigenvalue weighted by atomic mass is 35.5. The van der Waals surface area contributed by atoms with E-state index < -0.39 is 5.82 Å². The van der Waals surface area contributed by atoms with Crippen molar-refractivity contribution in [1.82, 2.24) is 9.97 Å². The Morgan fingerprint density at radius 3 is 2.71 bits per heavy atom. The van der Waals surface area contributed by atoms with Gasteiger partial charge in [0.15, 0.2) is 5.82 Å². The van der Waals surface area contributed by atoms with E-state index in [1.807, 2.05) is 0 Å². The zero-order valence-electron chi connectivity index (χ0n) is 6.67. The Morgan fingerprint density at radius 1 is 1.29 bits per heavy atom. The van der Waals surface area contributed by atoms with Crippen LogP contribution in [0.5, 0.6) is 0 Å². The molecule has 0 bridgehead atoms. The molecule has 0 aliphatic heterocycles. The molecule has 2 aromatic heterocycles. The van der Waals surface area contributed by atoms with Gasteiger partial charge in [-0.25, -0.2) is 14.4 Å². The van der Waals surface area contributed by atoms with E-state index in [0.717, 1.165) is 6.20 Å². The summed E-state index contributed by atoms with van der Waals surface area (Å²) in [7, 11) is 0. The summed E-state index contributed by atoms with van der Waals surface area (Å²) < 4.78 is 13.8. The van der Waals surface area contributed by atoms with Gasteiger partial charge in [0.05, 0.1) is 15.4 Å². The van der Waals surface area contributed by atoms with E-state index >= 15 is 0 Å². The number of hydrogen-bond donors (Lipinski definition) is 0. The molecule has 0 aliphatic carbocycles. The maximum absolute atomic E-state index is 13.2. The van der Waals surface area contributed by atoms with Crippen LogP contribution >= 0.6 is 34.5 Å². The molecule has 72 valence electrons. The minimum Gasteiger partial charge on any atom is -0.223 e. The average Bonchev–Trinajstić information content (AvgIpc) is 2.56. The molecule has 2 heterocycles. The van der Waals surface area contributed by atoms with Gasteiger partial charge in [-0.3, -0.25) is 0 Å². The molecule has 0 spiro atoms. The molecule has 0 fully saturated rings. The summed E-state index contributed by atoms with van der Waals surface area (Å²) in [6, 6.07) is 3.37. The number of halogens is 3. The van der Waals surface area contributed by atoms with Crippen LogP contribution in [0.3, 0.4) is 0 Å². The van der Waals surface area contributed by atoms with E-state index in [-0.39, 0.29) is 11.0 Å². The zero-order chi connectivity index (χ0) is 10.1. The Morgan fingerprint density at radius 2 is 2.07 bits per heavy atom. The first kappa shape index (κ1) is 9.83. The van der Waals surface area contributed by atoms with Crippen LogP contribution in [-0.4, -0.2) is 9.97 Å². The van der Waals surface area contributed by atoms with Crippen molar-refractivity contribution in [2.75, 3.05) is 0 Å². The lowest BCUT2D eigenvalue weighted by atomic mass is 10.3. The van der Waals surface area contributed by atoms with Gasteiger partial charge in [0.1, 0.15) is 5.69 Å². The molecule has 0 aromatic carbocycles. The summed E-state index contributed by atoms with van der Waals surface area (Å²) in [5.41, 5.74) is 0.182. The number of rotatable bonds is 1. The summed E-state index contributed by atoms with van der Waals surface area (Å²) in [5, 5.41) is 0.0194. The van der Waals surface area contributed by atoms with Crippen molar-refractivity contribution < 1.29 is 4.39 Å². The molecule has 0 atom stereocenters. The Bertz CT molecular complexity index is 472. The summed E-state index contributed by atoms with van der Waals surface area (Å²) in [6.07, 6.45) is 1.04. The molecule has 0 saturated carbocycles. The maximum Gasteiger partial charge on any atom is 0.223 e. The second-order valence-corrected chi connectivity index (χ2v) is 4.49. The van der Waals surface area contributed by atoms with Crippen LogP contribution < -0.4 is 0 Å². The third-order valence-electron chi connectivity index (χ3n) is 1.52. The lowest BCUT2D eigenvalue weighted by Crippen LogP contribution is -1.90. The number of nitrogens with zero attached hydrogens (tertiary/aromatic N) is 2. The number of aromatic nitrogens is 2. The Labute approximate surface area is 93.3 Å².